The summed E-state index contributed by atoms with van der Waals surface area (Å²) in [6.07, 6.45) is 5.66. The second-order valence-corrected chi connectivity index (χ2v) is 10.8. The van der Waals surface area contributed by atoms with Gasteiger partial charge in [-0.2, -0.15) is 8.78 Å². The minimum absolute atomic E-state index is 0.0243. The number of amides is 1. The third-order valence-electron chi connectivity index (χ3n) is 7.86. The lowest BCUT2D eigenvalue weighted by molar-refractivity contribution is -0.0498. The van der Waals surface area contributed by atoms with Crippen molar-refractivity contribution in [1.29, 1.82) is 0 Å². The minimum atomic E-state index is -2.88. The molecule has 1 amide bonds. The maximum absolute atomic E-state index is 13.3. The lowest BCUT2D eigenvalue weighted by atomic mass is 10.1. The van der Waals surface area contributed by atoms with Gasteiger partial charge in [0.2, 0.25) is 0 Å². The quantitative estimate of drug-likeness (QED) is 0.292. The molecule has 0 aliphatic carbocycles. The Morgan fingerprint density at radius 1 is 1.14 bits per heavy atom. The molecule has 0 unspecified atom stereocenters. The van der Waals surface area contributed by atoms with Gasteiger partial charge in [0.05, 0.1) is 18.0 Å². The van der Waals surface area contributed by atoms with E-state index in [2.05, 4.69) is 30.2 Å². The number of nitrogens with one attached hydrogen (secondary N) is 2. The maximum Gasteiger partial charge on any atom is 0.387 e. The van der Waals surface area contributed by atoms with Gasteiger partial charge in [-0.25, -0.2) is 9.97 Å². The minimum Gasteiger partial charge on any atom is -0.435 e. The highest BCUT2D eigenvalue weighted by atomic mass is 19.3. The summed E-state index contributed by atoms with van der Waals surface area (Å²) in [7, 11) is 0. The van der Waals surface area contributed by atoms with E-state index in [1.54, 1.807) is 30.7 Å². The molecule has 4 heterocycles. The van der Waals surface area contributed by atoms with E-state index < -0.39 is 6.61 Å². The second kappa shape index (κ2) is 12.0. The number of hydrogen-bond acceptors (Lipinski definition) is 8. The number of carbonyl (C=O) groups excluding carboxylic acids is 1. The molecule has 12 heteroatoms. The van der Waals surface area contributed by atoms with Gasteiger partial charge >= 0.3 is 6.61 Å². The molecular formula is C30H33F2N7O3. The highest BCUT2D eigenvalue weighted by Crippen LogP contribution is 2.28. The molecule has 10 nitrogen and oxygen atoms in total. The summed E-state index contributed by atoms with van der Waals surface area (Å²) >= 11 is 0. The van der Waals surface area contributed by atoms with Crippen LogP contribution in [0.4, 0.5) is 20.3 Å². The van der Waals surface area contributed by atoms with Crippen LogP contribution >= 0.6 is 0 Å². The first kappa shape index (κ1) is 28.0. The third-order valence-corrected chi connectivity index (χ3v) is 7.86. The van der Waals surface area contributed by atoms with Crippen molar-refractivity contribution in [2.45, 2.75) is 32.1 Å². The predicted octanol–water partition coefficient (Wildman–Crippen LogP) is 3.53. The van der Waals surface area contributed by atoms with E-state index >= 15 is 0 Å². The predicted molar refractivity (Wildman–Crippen MR) is 154 cm³/mol. The van der Waals surface area contributed by atoms with Crippen LogP contribution in [0.1, 0.15) is 22.3 Å². The first-order valence-electron chi connectivity index (χ1n) is 14.0. The molecular weight excluding hydrogens is 544 g/mol. The van der Waals surface area contributed by atoms with Gasteiger partial charge in [-0.1, -0.05) is 0 Å². The molecule has 2 aliphatic rings. The molecule has 4 aromatic rings. The van der Waals surface area contributed by atoms with Gasteiger partial charge in [0.25, 0.3) is 5.91 Å². The molecule has 2 fully saturated rings. The average Bonchev–Trinajstić information content (AvgIpc) is 3.60. The normalized spacial score (nSPS) is 19.5. The number of anilines is 2. The van der Waals surface area contributed by atoms with Crippen molar-refractivity contribution in [3.8, 4) is 17.0 Å². The van der Waals surface area contributed by atoms with E-state index in [-0.39, 0.29) is 17.8 Å². The number of benzene rings is 2. The molecule has 2 aromatic carbocycles. The van der Waals surface area contributed by atoms with Crippen LogP contribution in [-0.4, -0.2) is 93.2 Å². The van der Waals surface area contributed by atoms with Crippen LogP contribution in [0.5, 0.6) is 5.75 Å². The van der Waals surface area contributed by atoms with Crippen LogP contribution in [0, 0.1) is 6.92 Å². The number of rotatable bonds is 8. The van der Waals surface area contributed by atoms with Crippen molar-refractivity contribution in [1.82, 2.24) is 29.5 Å². The zero-order valence-corrected chi connectivity index (χ0v) is 23.2. The summed E-state index contributed by atoms with van der Waals surface area (Å²) in [5, 5.41) is 16.4. The molecule has 2 saturated heterocycles. The van der Waals surface area contributed by atoms with Gasteiger partial charge in [0.1, 0.15) is 5.75 Å². The Bertz CT molecular complexity index is 1550. The Balaban J connectivity index is 1.11. The van der Waals surface area contributed by atoms with Crippen LogP contribution < -0.4 is 15.4 Å². The maximum atomic E-state index is 13.3. The Morgan fingerprint density at radius 2 is 1.93 bits per heavy atom. The van der Waals surface area contributed by atoms with Crippen LogP contribution in [0.3, 0.4) is 0 Å². The number of piperazine rings is 1. The van der Waals surface area contributed by atoms with E-state index in [9.17, 15) is 18.7 Å². The number of aromatic nitrogens is 3. The standard InChI is InChI=1S/C30H33F2N7O3/c1-19-14-21(4-7-25(19)29(41)38-12-10-37(11-13-38)18-22-15-23(40)16-34-22)36-27-28-35-17-26(39(28)9-8-33-27)20-2-5-24(6-3-20)42-30(31)32/h2-9,14,17,22-23,30,34,40H,10-13,15-16,18H2,1H3,(H,33,36)/t22-,23-/m0/s1. The number of β-amino-alcohol motifs (C(OH)–C–C–N with tert-alkyl or cyclic N) is 1. The summed E-state index contributed by atoms with van der Waals surface area (Å²) < 4.78 is 31.3. The number of imidazole rings is 1. The summed E-state index contributed by atoms with van der Waals surface area (Å²) in [5.74, 6) is 0.654. The SMILES string of the molecule is Cc1cc(Nc2nccn3c(-c4ccc(OC(F)F)cc4)cnc23)ccc1C(=O)N1CCN(C[C@@H]2C[C@H](O)CN2)CC1. The summed E-state index contributed by atoms with van der Waals surface area (Å²) in [6, 6.07) is 12.3. The highest BCUT2D eigenvalue weighted by molar-refractivity contribution is 5.96. The van der Waals surface area contributed by atoms with Gasteiger partial charge in [-0.3, -0.25) is 14.1 Å². The summed E-state index contributed by atoms with van der Waals surface area (Å²) in [6.45, 7) is 3.56. The van der Waals surface area contributed by atoms with E-state index in [1.165, 1.54) is 12.1 Å². The number of carbonyl (C=O) groups is 1. The first-order chi connectivity index (χ1) is 20.3. The highest BCUT2D eigenvalue weighted by Gasteiger charge is 2.28. The van der Waals surface area contributed by atoms with Crippen molar-refractivity contribution < 1.29 is 23.4 Å². The monoisotopic (exact) mass is 577 g/mol. The lowest BCUT2D eigenvalue weighted by Gasteiger charge is -2.36. The van der Waals surface area contributed by atoms with Crippen molar-refractivity contribution in [3.05, 3.63) is 72.2 Å². The molecule has 42 heavy (non-hydrogen) atoms. The molecule has 0 spiro atoms. The van der Waals surface area contributed by atoms with Gasteiger partial charge in [0.15, 0.2) is 11.5 Å². The topological polar surface area (TPSA) is 107 Å². The van der Waals surface area contributed by atoms with Gasteiger partial charge in [-0.15, -0.1) is 0 Å². The number of hydrogen-bond donors (Lipinski definition) is 3. The van der Waals surface area contributed by atoms with Crippen LogP contribution in [0.15, 0.2) is 61.1 Å². The molecule has 0 saturated carbocycles. The number of aliphatic hydroxyl groups is 1. The smallest absolute Gasteiger partial charge is 0.387 e. The van der Waals surface area contributed by atoms with Gasteiger partial charge < -0.3 is 25.4 Å². The van der Waals surface area contributed by atoms with Crippen molar-refractivity contribution in [2.75, 3.05) is 44.6 Å². The summed E-state index contributed by atoms with van der Waals surface area (Å²) in [5.41, 5.74) is 4.46. The van der Waals surface area contributed by atoms with Crippen molar-refractivity contribution in [2.24, 2.45) is 0 Å². The van der Waals surface area contributed by atoms with Gasteiger partial charge in [-0.05, 0) is 61.4 Å². The number of alkyl halides is 2. The molecule has 3 N–H and O–H groups in total. The molecule has 2 aliphatic heterocycles. The molecule has 2 aromatic heterocycles. The molecule has 0 radical (unpaired) electrons. The van der Waals surface area contributed by atoms with E-state index in [0.717, 1.165) is 48.6 Å². The van der Waals surface area contributed by atoms with Crippen LogP contribution in [0.25, 0.3) is 16.9 Å². The fourth-order valence-corrected chi connectivity index (χ4v) is 5.70. The van der Waals surface area contributed by atoms with Crippen molar-refractivity contribution in [3.63, 3.8) is 0 Å². The Morgan fingerprint density at radius 3 is 2.62 bits per heavy atom. The fraction of sp³-hybridized carbons (Fsp3) is 0.367. The van der Waals surface area contributed by atoms with Crippen LogP contribution in [0.2, 0.25) is 0 Å². The Kier molecular flexibility index (Phi) is 8.00. The largest absolute Gasteiger partial charge is 0.435 e. The van der Waals surface area contributed by atoms with E-state index in [0.29, 0.717) is 42.7 Å². The Hall–Kier alpha value is -4.13. The zero-order valence-electron chi connectivity index (χ0n) is 23.2. The Labute approximate surface area is 241 Å². The average molecular weight is 578 g/mol. The number of nitrogens with zero attached hydrogens (tertiary/aromatic N) is 5. The number of halogens is 2. The first-order valence-corrected chi connectivity index (χ1v) is 14.0. The van der Waals surface area contributed by atoms with E-state index in [4.69, 9.17) is 0 Å². The third kappa shape index (κ3) is 6.06. The van der Waals surface area contributed by atoms with Gasteiger partial charge in [0, 0.05) is 74.5 Å². The second-order valence-electron chi connectivity index (χ2n) is 10.8. The van der Waals surface area contributed by atoms with Crippen LogP contribution in [-0.2, 0) is 0 Å². The number of aliphatic hydroxyl groups excluding tert-OH is 1. The molecule has 220 valence electrons. The molecule has 6 rings (SSSR count). The fourth-order valence-electron chi connectivity index (χ4n) is 5.70. The van der Waals surface area contributed by atoms with Crippen molar-refractivity contribution >= 4 is 23.1 Å². The summed E-state index contributed by atoms with van der Waals surface area (Å²) in [4.78, 5) is 26.6. The zero-order chi connectivity index (χ0) is 29.2. The lowest BCUT2D eigenvalue weighted by Crippen LogP contribution is -2.51. The molecule has 0 bridgehead atoms. The number of fused-ring (bicyclic) bond motifs is 1. The molecule has 2 atom stereocenters. The van der Waals surface area contributed by atoms with E-state index in [1.807, 2.05) is 34.4 Å². The number of ether oxygens (including phenoxy) is 1. The number of aryl methyl sites for hydroxylation is 1.